The number of likely N-dealkylation sites (tertiary alicyclic amines) is 1. The van der Waals surface area contributed by atoms with Crippen LogP contribution in [0.15, 0.2) is 45.8 Å². The van der Waals surface area contributed by atoms with Crippen molar-refractivity contribution in [2.24, 2.45) is 7.05 Å². The lowest BCUT2D eigenvalue weighted by molar-refractivity contribution is 0.192. The highest BCUT2D eigenvalue weighted by Gasteiger charge is 2.27. The van der Waals surface area contributed by atoms with E-state index in [1.807, 2.05) is 37.3 Å². The zero-order valence-electron chi connectivity index (χ0n) is 15.8. The molecule has 0 unspecified atom stereocenters. The lowest BCUT2D eigenvalue weighted by atomic mass is 9.97. The van der Waals surface area contributed by atoms with Crippen molar-refractivity contribution in [3.63, 3.8) is 0 Å². The fraction of sp³-hybridized carbons (Fsp3) is 0.450. The topological polar surface area (TPSA) is 69.1 Å². The molecule has 0 aliphatic carbocycles. The van der Waals surface area contributed by atoms with Crippen molar-refractivity contribution in [3.05, 3.63) is 58.6 Å². The average Bonchev–Trinajstić information content (AvgIpc) is 3.27. The number of oxazole rings is 1. The summed E-state index contributed by atoms with van der Waals surface area (Å²) in [5.74, 6) is 1.83. The molecule has 27 heavy (non-hydrogen) atoms. The highest BCUT2D eigenvalue weighted by Crippen LogP contribution is 2.26. The van der Waals surface area contributed by atoms with Crippen LogP contribution in [0, 0.1) is 0 Å². The molecule has 0 amide bonds. The molecule has 0 radical (unpaired) electrons. The van der Waals surface area contributed by atoms with Crippen molar-refractivity contribution in [1.82, 2.24) is 24.2 Å². The van der Waals surface area contributed by atoms with E-state index in [-0.39, 0.29) is 11.6 Å². The van der Waals surface area contributed by atoms with Crippen LogP contribution in [0.5, 0.6) is 0 Å². The minimum absolute atomic E-state index is 0.0337. The Bertz CT molecular complexity index is 956. The van der Waals surface area contributed by atoms with Gasteiger partial charge >= 0.3 is 5.69 Å². The molecule has 7 nitrogen and oxygen atoms in total. The summed E-state index contributed by atoms with van der Waals surface area (Å²) in [7, 11) is 1.72. The van der Waals surface area contributed by atoms with Crippen molar-refractivity contribution in [2.45, 2.75) is 38.8 Å². The Hall–Kier alpha value is -2.67. The number of nitrogens with zero attached hydrogens (tertiary/aromatic N) is 5. The van der Waals surface area contributed by atoms with E-state index >= 15 is 0 Å². The van der Waals surface area contributed by atoms with Crippen LogP contribution in [0.2, 0.25) is 0 Å². The third kappa shape index (κ3) is 3.60. The Morgan fingerprint density at radius 2 is 2.07 bits per heavy atom. The minimum atomic E-state index is -0.0337. The van der Waals surface area contributed by atoms with Gasteiger partial charge in [0.1, 0.15) is 12.1 Å². The standard InChI is InChI=1S/C20H25N5O2/c1-3-25-18(22-23(2)20(25)26)16-10-7-11-24(12-16)13-17-14-27-19(21-17)15-8-5-4-6-9-15/h4-6,8-9,14,16H,3,7,10-13H2,1-2H3/t16-/m1/s1. The molecule has 1 aliphatic rings. The molecule has 1 aromatic carbocycles. The summed E-state index contributed by atoms with van der Waals surface area (Å²) < 4.78 is 8.90. The molecule has 2 aromatic heterocycles. The van der Waals surface area contributed by atoms with Gasteiger partial charge in [0.05, 0.1) is 5.69 Å². The molecule has 3 aromatic rings. The van der Waals surface area contributed by atoms with Crippen LogP contribution in [0.1, 0.15) is 37.2 Å². The SMILES string of the molecule is CCn1c([C@@H]2CCCN(Cc3coc(-c4ccccc4)n3)C2)nn(C)c1=O. The predicted molar refractivity (Wildman–Crippen MR) is 102 cm³/mol. The van der Waals surface area contributed by atoms with Gasteiger partial charge in [-0.2, -0.15) is 5.10 Å². The number of hydrogen-bond donors (Lipinski definition) is 0. The van der Waals surface area contributed by atoms with E-state index in [2.05, 4.69) is 15.0 Å². The third-order valence-corrected chi connectivity index (χ3v) is 5.18. The number of hydrogen-bond acceptors (Lipinski definition) is 5. The smallest absolute Gasteiger partial charge is 0.345 e. The molecule has 1 aliphatic heterocycles. The van der Waals surface area contributed by atoms with E-state index in [0.717, 1.165) is 49.6 Å². The molecule has 0 spiro atoms. The number of aromatic nitrogens is 4. The van der Waals surface area contributed by atoms with Crippen LogP contribution >= 0.6 is 0 Å². The maximum atomic E-state index is 12.2. The summed E-state index contributed by atoms with van der Waals surface area (Å²) in [6.45, 7) is 5.29. The van der Waals surface area contributed by atoms with Gasteiger partial charge in [0.15, 0.2) is 0 Å². The van der Waals surface area contributed by atoms with Crippen molar-refractivity contribution < 1.29 is 4.42 Å². The van der Waals surface area contributed by atoms with Gasteiger partial charge in [-0.1, -0.05) is 18.2 Å². The van der Waals surface area contributed by atoms with Crippen molar-refractivity contribution in [1.29, 1.82) is 0 Å². The van der Waals surface area contributed by atoms with Crippen LogP contribution in [-0.2, 0) is 20.1 Å². The van der Waals surface area contributed by atoms with Gasteiger partial charge in [0.2, 0.25) is 5.89 Å². The first-order chi connectivity index (χ1) is 13.2. The quantitative estimate of drug-likeness (QED) is 0.693. The summed E-state index contributed by atoms with van der Waals surface area (Å²) in [4.78, 5) is 19.2. The van der Waals surface area contributed by atoms with Crippen LogP contribution in [-0.4, -0.2) is 37.3 Å². The minimum Gasteiger partial charge on any atom is -0.444 e. The fourth-order valence-corrected chi connectivity index (χ4v) is 3.85. The molecule has 4 rings (SSSR count). The molecule has 3 heterocycles. The van der Waals surface area contributed by atoms with Gasteiger partial charge in [-0.3, -0.25) is 9.47 Å². The van der Waals surface area contributed by atoms with Crippen molar-refractivity contribution >= 4 is 0 Å². The predicted octanol–water partition coefficient (Wildman–Crippen LogP) is 2.64. The van der Waals surface area contributed by atoms with E-state index in [9.17, 15) is 4.79 Å². The zero-order valence-corrected chi connectivity index (χ0v) is 15.8. The molecule has 1 saturated heterocycles. The monoisotopic (exact) mass is 367 g/mol. The van der Waals surface area contributed by atoms with Gasteiger partial charge in [-0.25, -0.2) is 14.5 Å². The van der Waals surface area contributed by atoms with E-state index < -0.39 is 0 Å². The Balaban J connectivity index is 1.47. The average molecular weight is 367 g/mol. The highest BCUT2D eigenvalue weighted by atomic mass is 16.3. The normalized spacial score (nSPS) is 18.1. The van der Waals surface area contributed by atoms with Crippen molar-refractivity contribution in [3.8, 4) is 11.5 Å². The fourth-order valence-electron chi connectivity index (χ4n) is 3.85. The number of benzene rings is 1. The van der Waals surface area contributed by atoms with Gasteiger partial charge < -0.3 is 4.42 Å². The molecule has 7 heteroatoms. The number of aryl methyl sites for hydroxylation is 1. The molecule has 1 fully saturated rings. The first-order valence-corrected chi connectivity index (χ1v) is 9.51. The Kier molecular flexibility index (Phi) is 4.94. The third-order valence-electron chi connectivity index (χ3n) is 5.18. The molecular formula is C20H25N5O2. The number of rotatable bonds is 5. The lowest BCUT2D eigenvalue weighted by Gasteiger charge is -2.31. The van der Waals surface area contributed by atoms with E-state index in [0.29, 0.717) is 12.4 Å². The van der Waals surface area contributed by atoms with Gasteiger partial charge in [0, 0.05) is 38.2 Å². The first kappa shape index (κ1) is 17.7. The molecular weight excluding hydrogens is 342 g/mol. The van der Waals surface area contributed by atoms with E-state index in [1.54, 1.807) is 17.9 Å². The second-order valence-corrected chi connectivity index (χ2v) is 7.09. The molecule has 0 N–H and O–H groups in total. The Morgan fingerprint density at radius 3 is 2.85 bits per heavy atom. The van der Waals surface area contributed by atoms with Gasteiger partial charge in [-0.05, 0) is 38.4 Å². The maximum absolute atomic E-state index is 12.2. The van der Waals surface area contributed by atoms with E-state index in [4.69, 9.17) is 4.42 Å². The van der Waals surface area contributed by atoms with Crippen molar-refractivity contribution in [2.75, 3.05) is 13.1 Å². The largest absolute Gasteiger partial charge is 0.444 e. The summed E-state index contributed by atoms with van der Waals surface area (Å²) >= 11 is 0. The molecule has 0 saturated carbocycles. The van der Waals surface area contributed by atoms with Crippen LogP contribution < -0.4 is 5.69 Å². The lowest BCUT2D eigenvalue weighted by Crippen LogP contribution is -2.35. The highest BCUT2D eigenvalue weighted by molar-refractivity contribution is 5.52. The van der Waals surface area contributed by atoms with Gasteiger partial charge in [-0.15, -0.1) is 0 Å². The summed E-state index contributed by atoms with van der Waals surface area (Å²) in [6.07, 6.45) is 3.89. The maximum Gasteiger partial charge on any atom is 0.345 e. The van der Waals surface area contributed by atoms with E-state index in [1.165, 1.54) is 4.68 Å². The first-order valence-electron chi connectivity index (χ1n) is 9.51. The van der Waals surface area contributed by atoms with Crippen LogP contribution in [0.4, 0.5) is 0 Å². The second kappa shape index (κ2) is 7.52. The Labute approximate surface area is 158 Å². The number of piperidine rings is 1. The summed E-state index contributed by atoms with van der Waals surface area (Å²) in [6, 6.07) is 9.94. The van der Waals surface area contributed by atoms with Gasteiger partial charge in [0.25, 0.3) is 0 Å². The second-order valence-electron chi connectivity index (χ2n) is 7.09. The summed E-state index contributed by atoms with van der Waals surface area (Å²) in [5.41, 5.74) is 1.89. The summed E-state index contributed by atoms with van der Waals surface area (Å²) in [5, 5.41) is 4.50. The van der Waals surface area contributed by atoms with Crippen LogP contribution in [0.25, 0.3) is 11.5 Å². The molecule has 0 bridgehead atoms. The molecule has 1 atom stereocenters. The van der Waals surface area contributed by atoms with Crippen LogP contribution in [0.3, 0.4) is 0 Å². The Morgan fingerprint density at radius 1 is 1.26 bits per heavy atom. The zero-order chi connectivity index (χ0) is 18.8. The molecule has 142 valence electrons.